The monoisotopic (exact) mass is 375 g/mol. The Bertz CT molecular complexity index is 874. The Kier molecular flexibility index (Phi) is 3.68. The molecular formula is C19H21NO3S2. The third kappa shape index (κ3) is 2.37. The predicted octanol–water partition coefficient (Wildman–Crippen LogP) is 4.19. The first kappa shape index (κ1) is 15.8. The van der Waals surface area contributed by atoms with Crippen LogP contribution in [0.25, 0.3) is 0 Å². The number of fused-ring (bicyclic) bond motifs is 6. The van der Waals surface area contributed by atoms with E-state index in [-0.39, 0.29) is 16.5 Å². The number of ether oxygens (including phenoxy) is 1. The molecule has 0 saturated heterocycles. The minimum atomic E-state index is 0.0404. The van der Waals surface area contributed by atoms with E-state index in [1.165, 1.54) is 41.0 Å². The zero-order chi connectivity index (χ0) is 17.1. The topological polar surface area (TPSA) is 62.3 Å². The van der Waals surface area contributed by atoms with Crippen LogP contribution in [0.1, 0.15) is 42.5 Å². The number of benzene rings is 1. The van der Waals surface area contributed by atoms with Gasteiger partial charge in [0.2, 0.25) is 0 Å². The van der Waals surface area contributed by atoms with E-state index in [1.807, 2.05) is 30.8 Å². The quantitative estimate of drug-likeness (QED) is 0.844. The minimum Gasteiger partial charge on any atom is -0.504 e. The van der Waals surface area contributed by atoms with Gasteiger partial charge in [-0.1, -0.05) is 17.4 Å². The molecule has 1 aromatic carbocycles. The average Bonchev–Trinajstić information content (AvgIpc) is 3.28. The largest absolute Gasteiger partial charge is 0.504 e. The first-order valence-corrected chi connectivity index (χ1v) is 10.7. The number of thiazole rings is 1. The van der Waals surface area contributed by atoms with Crippen LogP contribution in [-0.4, -0.2) is 21.9 Å². The Morgan fingerprint density at radius 1 is 1.32 bits per heavy atom. The van der Waals surface area contributed by atoms with Gasteiger partial charge >= 0.3 is 4.87 Å². The third-order valence-corrected chi connectivity index (χ3v) is 8.73. The van der Waals surface area contributed by atoms with Gasteiger partial charge in [-0.15, -0.1) is 11.8 Å². The Morgan fingerprint density at radius 3 is 3.00 bits per heavy atom. The first-order chi connectivity index (χ1) is 12.2. The minimum absolute atomic E-state index is 0.0404. The molecule has 2 aromatic rings. The highest BCUT2D eigenvalue weighted by Crippen LogP contribution is 2.63. The molecule has 0 amide bonds. The van der Waals surface area contributed by atoms with Crippen molar-refractivity contribution in [1.82, 2.24) is 4.98 Å². The molecule has 5 atom stereocenters. The van der Waals surface area contributed by atoms with Gasteiger partial charge < -0.3 is 14.8 Å². The van der Waals surface area contributed by atoms with Crippen molar-refractivity contribution >= 4 is 23.1 Å². The summed E-state index contributed by atoms with van der Waals surface area (Å²) < 4.78 is 5.61. The molecule has 25 heavy (non-hydrogen) atoms. The Balaban J connectivity index is 1.65. The van der Waals surface area contributed by atoms with Crippen molar-refractivity contribution in [2.45, 2.75) is 42.4 Å². The van der Waals surface area contributed by atoms with Gasteiger partial charge in [0, 0.05) is 16.0 Å². The van der Waals surface area contributed by atoms with Crippen LogP contribution in [0.2, 0.25) is 0 Å². The molecule has 1 aliphatic heterocycles. The molecule has 132 valence electrons. The molecule has 2 aliphatic carbocycles. The number of aromatic hydroxyl groups is 1. The van der Waals surface area contributed by atoms with Gasteiger partial charge in [0.1, 0.15) is 0 Å². The van der Waals surface area contributed by atoms with Crippen LogP contribution in [-0.2, 0) is 0 Å². The zero-order valence-corrected chi connectivity index (χ0v) is 15.7. The Labute approximate surface area is 154 Å². The van der Waals surface area contributed by atoms with Crippen molar-refractivity contribution in [3.05, 3.63) is 38.3 Å². The summed E-state index contributed by atoms with van der Waals surface area (Å²) in [5.41, 5.74) is 1.17. The number of hydrogen-bond donors (Lipinski definition) is 2. The number of thioether (sulfide) groups is 1. The van der Waals surface area contributed by atoms with Gasteiger partial charge in [-0.05, 0) is 61.6 Å². The highest BCUT2D eigenvalue weighted by Gasteiger charge is 2.54. The lowest BCUT2D eigenvalue weighted by Crippen LogP contribution is -2.33. The molecule has 2 N–H and O–H groups in total. The van der Waals surface area contributed by atoms with Crippen LogP contribution in [0.15, 0.2) is 28.0 Å². The van der Waals surface area contributed by atoms with Gasteiger partial charge in [0.15, 0.2) is 11.5 Å². The Hall–Kier alpha value is -1.40. The van der Waals surface area contributed by atoms with Crippen LogP contribution in [0.5, 0.6) is 11.5 Å². The standard InChI is InChI=1S/C19H21NO3S2/c1-2-23-13-8-10(5-6-12(13)21)15-14-9-3-4-11(7-9)16(14)24-18-17(15)25-19(22)20-18/h5-6,8-9,11,14-16,21H,2-4,7H2,1H3,(H,20,22)/t9-,11-,14-,15-,16+/m0/s1. The molecule has 2 fully saturated rings. The number of hydrogen-bond acceptors (Lipinski definition) is 5. The van der Waals surface area contributed by atoms with Crippen molar-refractivity contribution in [1.29, 1.82) is 0 Å². The maximum absolute atomic E-state index is 12.0. The highest BCUT2D eigenvalue weighted by molar-refractivity contribution is 8.00. The molecular weight excluding hydrogens is 354 g/mol. The highest BCUT2D eigenvalue weighted by atomic mass is 32.2. The average molecular weight is 376 g/mol. The molecule has 2 bridgehead atoms. The Morgan fingerprint density at radius 2 is 2.16 bits per heavy atom. The van der Waals surface area contributed by atoms with E-state index < -0.39 is 0 Å². The van der Waals surface area contributed by atoms with Gasteiger partial charge in [-0.2, -0.15) is 0 Å². The summed E-state index contributed by atoms with van der Waals surface area (Å²) in [5.74, 6) is 3.08. The van der Waals surface area contributed by atoms with Gasteiger partial charge in [0.05, 0.1) is 11.6 Å². The number of phenolic OH excluding ortho intramolecular Hbond substituents is 1. The van der Waals surface area contributed by atoms with Crippen LogP contribution < -0.4 is 9.61 Å². The summed E-state index contributed by atoms with van der Waals surface area (Å²) >= 11 is 3.26. The number of H-pyrrole nitrogens is 1. The van der Waals surface area contributed by atoms with E-state index in [1.54, 1.807) is 6.07 Å². The molecule has 0 radical (unpaired) electrons. The van der Waals surface area contributed by atoms with E-state index in [9.17, 15) is 9.90 Å². The van der Waals surface area contributed by atoms with Gasteiger partial charge in [-0.3, -0.25) is 4.79 Å². The molecule has 2 heterocycles. The summed E-state index contributed by atoms with van der Waals surface area (Å²) in [4.78, 5) is 16.3. The maximum atomic E-state index is 12.0. The van der Waals surface area contributed by atoms with E-state index in [4.69, 9.17) is 4.74 Å². The lowest BCUT2D eigenvalue weighted by Gasteiger charge is -2.40. The number of rotatable bonds is 3. The van der Waals surface area contributed by atoms with Crippen molar-refractivity contribution in [3.63, 3.8) is 0 Å². The fraction of sp³-hybridized carbons (Fsp3) is 0.526. The van der Waals surface area contributed by atoms with Crippen molar-refractivity contribution in [2.75, 3.05) is 6.61 Å². The first-order valence-electron chi connectivity index (χ1n) is 9.01. The summed E-state index contributed by atoms with van der Waals surface area (Å²) in [6, 6.07) is 5.73. The van der Waals surface area contributed by atoms with Gasteiger partial charge in [0.25, 0.3) is 0 Å². The van der Waals surface area contributed by atoms with Crippen molar-refractivity contribution in [2.24, 2.45) is 17.8 Å². The molecule has 2 saturated carbocycles. The van der Waals surface area contributed by atoms with E-state index >= 15 is 0 Å². The number of nitrogens with one attached hydrogen (secondary N) is 1. The van der Waals surface area contributed by atoms with Crippen LogP contribution in [0, 0.1) is 17.8 Å². The molecule has 5 rings (SSSR count). The fourth-order valence-electron chi connectivity index (χ4n) is 5.22. The SMILES string of the molecule is CCOc1cc([C@@H]2c3sc(=O)[nH]c3S[C@@H]3[C@H]4CC[C@@H](C4)[C@@H]23)ccc1O. The maximum Gasteiger partial charge on any atom is 0.305 e. The molecule has 3 aliphatic rings. The lowest BCUT2D eigenvalue weighted by atomic mass is 9.75. The van der Waals surface area contributed by atoms with Crippen LogP contribution in [0.4, 0.5) is 0 Å². The molecule has 4 nitrogen and oxygen atoms in total. The van der Waals surface area contributed by atoms with Crippen molar-refractivity contribution < 1.29 is 9.84 Å². The molecule has 0 unspecified atom stereocenters. The second-order valence-electron chi connectivity index (χ2n) is 7.34. The summed E-state index contributed by atoms with van der Waals surface area (Å²) in [6.07, 6.45) is 3.97. The van der Waals surface area contributed by atoms with Crippen LogP contribution >= 0.6 is 23.1 Å². The number of aromatic amines is 1. The van der Waals surface area contributed by atoms with E-state index in [2.05, 4.69) is 4.98 Å². The lowest BCUT2D eigenvalue weighted by molar-refractivity contribution is 0.302. The van der Waals surface area contributed by atoms with Gasteiger partial charge in [-0.25, -0.2) is 0 Å². The summed E-state index contributed by atoms with van der Waals surface area (Å²) in [6.45, 7) is 2.45. The number of aromatic nitrogens is 1. The summed E-state index contributed by atoms with van der Waals surface area (Å²) in [5, 5.41) is 11.7. The normalized spacial score (nSPS) is 32.4. The molecule has 6 heteroatoms. The predicted molar refractivity (Wildman–Crippen MR) is 100 cm³/mol. The second-order valence-corrected chi connectivity index (χ2v) is 9.54. The molecule has 1 aromatic heterocycles. The summed E-state index contributed by atoms with van der Waals surface area (Å²) in [7, 11) is 0. The van der Waals surface area contributed by atoms with E-state index in [0.29, 0.717) is 23.5 Å². The second kappa shape index (κ2) is 5.81. The fourth-order valence-corrected chi connectivity index (χ4v) is 8.11. The molecule has 0 spiro atoms. The number of phenols is 1. The zero-order valence-electron chi connectivity index (χ0n) is 14.0. The third-order valence-electron chi connectivity index (χ3n) is 6.11. The smallest absolute Gasteiger partial charge is 0.305 e. The van der Waals surface area contributed by atoms with Crippen LogP contribution in [0.3, 0.4) is 0 Å². The van der Waals surface area contributed by atoms with Crippen molar-refractivity contribution in [3.8, 4) is 11.5 Å². The van der Waals surface area contributed by atoms with E-state index in [0.717, 1.165) is 16.9 Å².